The van der Waals surface area contributed by atoms with E-state index in [2.05, 4.69) is 24.2 Å². The van der Waals surface area contributed by atoms with Crippen LogP contribution in [0.25, 0.3) is 0 Å². The lowest BCUT2D eigenvalue weighted by molar-refractivity contribution is -0.121. The number of nitrogens with zero attached hydrogens (tertiary/aromatic N) is 1. The van der Waals surface area contributed by atoms with Gasteiger partial charge in [-0.3, -0.25) is 4.79 Å². The summed E-state index contributed by atoms with van der Waals surface area (Å²) in [5, 5.41) is 2.86. The number of likely N-dealkylation sites (N-methyl/N-ethyl adjacent to an activating group) is 1. The number of carbonyl (C=O) groups is 1. The van der Waals surface area contributed by atoms with Gasteiger partial charge in [0.1, 0.15) is 0 Å². The van der Waals surface area contributed by atoms with Crippen molar-refractivity contribution in [2.24, 2.45) is 0 Å². The molecule has 1 aliphatic heterocycles. The van der Waals surface area contributed by atoms with Crippen LogP contribution in [0.5, 0.6) is 0 Å². The van der Waals surface area contributed by atoms with E-state index in [9.17, 15) is 4.79 Å². The zero-order chi connectivity index (χ0) is 8.27. The van der Waals surface area contributed by atoms with E-state index in [0.29, 0.717) is 12.5 Å². The van der Waals surface area contributed by atoms with Crippen LogP contribution < -0.4 is 5.32 Å². The Morgan fingerprint density at radius 2 is 2.45 bits per heavy atom. The fraction of sp³-hybridized carbons (Fsp3) is 0.875. The fourth-order valence-electron chi connectivity index (χ4n) is 1.45. The largest absolute Gasteiger partial charge is 0.355 e. The third-order valence-electron chi connectivity index (χ3n) is 2.30. The van der Waals surface area contributed by atoms with E-state index in [4.69, 9.17) is 0 Å². The monoisotopic (exact) mass is 156 g/mol. The lowest BCUT2D eigenvalue weighted by atomic mass is 10.1. The van der Waals surface area contributed by atoms with Crippen LogP contribution in [-0.4, -0.2) is 37.0 Å². The molecule has 3 heteroatoms. The molecule has 1 saturated heterocycles. The van der Waals surface area contributed by atoms with Crippen molar-refractivity contribution in [2.45, 2.75) is 25.8 Å². The van der Waals surface area contributed by atoms with Crippen molar-refractivity contribution in [3.63, 3.8) is 0 Å². The van der Waals surface area contributed by atoms with Crippen molar-refractivity contribution in [2.75, 3.05) is 20.1 Å². The summed E-state index contributed by atoms with van der Waals surface area (Å²) in [7, 11) is 2.08. The summed E-state index contributed by atoms with van der Waals surface area (Å²) in [4.78, 5) is 13.3. The van der Waals surface area contributed by atoms with E-state index in [1.54, 1.807) is 0 Å². The smallest absolute Gasteiger partial charge is 0.221 e. The van der Waals surface area contributed by atoms with Crippen LogP contribution in [0.4, 0.5) is 0 Å². The van der Waals surface area contributed by atoms with E-state index < -0.39 is 0 Å². The van der Waals surface area contributed by atoms with Crippen molar-refractivity contribution in [1.29, 1.82) is 0 Å². The molecule has 0 saturated carbocycles. The van der Waals surface area contributed by atoms with Crippen LogP contribution in [0.15, 0.2) is 0 Å². The molecule has 1 atom stereocenters. The minimum atomic E-state index is 0.196. The zero-order valence-corrected chi connectivity index (χ0v) is 7.26. The van der Waals surface area contributed by atoms with Crippen LogP contribution in [0.1, 0.15) is 19.8 Å². The van der Waals surface area contributed by atoms with Gasteiger partial charge in [0.2, 0.25) is 5.91 Å². The molecule has 0 aromatic rings. The molecule has 1 unspecified atom stereocenters. The molecule has 0 spiro atoms. The Kier molecular flexibility index (Phi) is 2.88. The number of hydrogen-bond acceptors (Lipinski definition) is 2. The predicted molar refractivity (Wildman–Crippen MR) is 44.3 cm³/mol. The number of rotatable bonds is 1. The summed E-state index contributed by atoms with van der Waals surface area (Å²) in [6.07, 6.45) is 1.72. The van der Waals surface area contributed by atoms with Gasteiger partial charge in [0, 0.05) is 25.6 Å². The van der Waals surface area contributed by atoms with Gasteiger partial charge in [-0.2, -0.15) is 0 Å². The fourth-order valence-corrected chi connectivity index (χ4v) is 1.45. The summed E-state index contributed by atoms with van der Waals surface area (Å²) >= 11 is 0. The molecule has 11 heavy (non-hydrogen) atoms. The Morgan fingerprint density at radius 1 is 1.73 bits per heavy atom. The Hall–Kier alpha value is -0.570. The van der Waals surface area contributed by atoms with Gasteiger partial charge in [0.15, 0.2) is 0 Å². The molecule has 1 N–H and O–H groups in total. The summed E-state index contributed by atoms with van der Waals surface area (Å²) < 4.78 is 0. The molecular weight excluding hydrogens is 140 g/mol. The maximum Gasteiger partial charge on any atom is 0.221 e. The minimum absolute atomic E-state index is 0.196. The van der Waals surface area contributed by atoms with Crippen LogP contribution in [0.3, 0.4) is 0 Å². The highest BCUT2D eigenvalue weighted by atomic mass is 16.1. The van der Waals surface area contributed by atoms with Crippen molar-refractivity contribution in [3.05, 3.63) is 0 Å². The molecule has 1 amide bonds. The molecule has 1 aliphatic rings. The number of nitrogens with one attached hydrogen (secondary N) is 1. The number of hydrogen-bond donors (Lipinski definition) is 1. The molecular formula is C8H16N2O. The molecule has 64 valence electrons. The highest BCUT2D eigenvalue weighted by Gasteiger charge is 2.19. The lowest BCUT2D eigenvalue weighted by Crippen LogP contribution is -2.31. The van der Waals surface area contributed by atoms with Gasteiger partial charge in [-0.05, 0) is 13.5 Å². The summed E-state index contributed by atoms with van der Waals surface area (Å²) in [5.41, 5.74) is 0. The standard InChI is InChI=1S/C8H16N2O/c1-3-7-6-8(11)9-4-5-10(7)2/h7H,3-6H2,1-2H3,(H,9,11). The van der Waals surface area contributed by atoms with Gasteiger partial charge < -0.3 is 10.2 Å². The third-order valence-corrected chi connectivity index (χ3v) is 2.30. The molecule has 0 bridgehead atoms. The summed E-state index contributed by atoms with van der Waals surface area (Å²) in [5.74, 6) is 0.196. The first-order valence-electron chi connectivity index (χ1n) is 4.21. The topological polar surface area (TPSA) is 32.3 Å². The van der Waals surface area contributed by atoms with E-state index in [-0.39, 0.29) is 5.91 Å². The summed E-state index contributed by atoms with van der Waals surface area (Å²) in [6, 6.07) is 0.442. The molecule has 1 fully saturated rings. The first-order chi connectivity index (χ1) is 5.24. The summed E-state index contributed by atoms with van der Waals surface area (Å²) in [6.45, 7) is 3.90. The average molecular weight is 156 g/mol. The van der Waals surface area contributed by atoms with Gasteiger partial charge in [0.05, 0.1) is 0 Å². The number of carbonyl (C=O) groups excluding carboxylic acids is 1. The zero-order valence-electron chi connectivity index (χ0n) is 7.26. The van der Waals surface area contributed by atoms with E-state index in [0.717, 1.165) is 19.5 Å². The van der Waals surface area contributed by atoms with Crippen LogP contribution in [-0.2, 0) is 4.79 Å². The number of amides is 1. The Morgan fingerprint density at radius 3 is 3.09 bits per heavy atom. The minimum Gasteiger partial charge on any atom is -0.355 e. The molecule has 0 aromatic heterocycles. The third kappa shape index (κ3) is 2.19. The first kappa shape index (κ1) is 8.53. The van der Waals surface area contributed by atoms with Gasteiger partial charge in [-0.15, -0.1) is 0 Å². The van der Waals surface area contributed by atoms with Crippen molar-refractivity contribution < 1.29 is 4.79 Å². The van der Waals surface area contributed by atoms with Gasteiger partial charge in [-0.25, -0.2) is 0 Å². The second kappa shape index (κ2) is 3.72. The van der Waals surface area contributed by atoms with Crippen LogP contribution >= 0.6 is 0 Å². The molecule has 0 radical (unpaired) electrons. The molecule has 0 aliphatic carbocycles. The van der Waals surface area contributed by atoms with Crippen molar-refractivity contribution >= 4 is 5.91 Å². The van der Waals surface area contributed by atoms with Crippen molar-refractivity contribution in [3.8, 4) is 0 Å². The first-order valence-corrected chi connectivity index (χ1v) is 4.21. The van der Waals surface area contributed by atoms with Crippen LogP contribution in [0, 0.1) is 0 Å². The lowest BCUT2D eigenvalue weighted by Gasteiger charge is -2.22. The molecule has 1 rings (SSSR count). The van der Waals surface area contributed by atoms with E-state index in [1.165, 1.54) is 0 Å². The SMILES string of the molecule is CCC1CC(=O)NCCN1C. The highest BCUT2D eigenvalue weighted by molar-refractivity contribution is 5.76. The molecule has 3 nitrogen and oxygen atoms in total. The van der Waals surface area contributed by atoms with Gasteiger partial charge >= 0.3 is 0 Å². The second-order valence-electron chi connectivity index (χ2n) is 3.10. The van der Waals surface area contributed by atoms with E-state index in [1.807, 2.05) is 0 Å². The Balaban J connectivity index is 2.52. The quantitative estimate of drug-likeness (QED) is 0.589. The van der Waals surface area contributed by atoms with Gasteiger partial charge in [0.25, 0.3) is 0 Å². The average Bonchev–Trinajstić information content (AvgIpc) is 2.13. The van der Waals surface area contributed by atoms with Crippen LogP contribution in [0.2, 0.25) is 0 Å². The Bertz CT molecular complexity index is 147. The van der Waals surface area contributed by atoms with Gasteiger partial charge in [-0.1, -0.05) is 6.92 Å². The molecule has 1 heterocycles. The van der Waals surface area contributed by atoms with Crippen molar-refractivity contribution in [1.82, 2.24) is 10.2 Å². The maximum absolute atomic E-state index is 11.1. The highest BCUT2D eigenvalue weighted by Crippen LogP contribution is 2.07. The predicted octanol–water partition coefficient (Wildman–Crippen LogP) is 0.217. The Labute approximate surface area is 67.8 Å². The second-order valence-corrected chi connectivity index (χ2v) is 3.10. The maximum atomic E-state index is 11.1. The van der Waals surface area contributed by atoms with E-state index >= 15 is 0 Å². The normalized spacial score (nSPS) is 27.8. The molecule has 0 aromatic carbocycles.